The summed E-state index contributed by atoms with van der Waals surface area (Å²) in [7, 11) is 1.88. The number of aromatic amines is 1. The Morgan fingerprint density at radius 3 is 3.00 bits per heavy atom. The van der Waals surface area contributed by atoms with Gasteiger partial charge in [-0.05, 0) is 25.1 Å². The van der Waals surface area contributed by atoms with Crippen LogP contribution in [0.1, 0.15) is 6.92 Å². The average Bonchev–Trinajstić information content (AvgIpc) is 2.68. The number of hydrogen-bond donors (Lipinski definition) is 2. The van der Waals surface area contributed by atoms with Crippen molar-refractivity contribution in [3.8, 4) is 0 Å². The standard InChI is InChI=1S/C13H17N4OS/c1-8-9(7-19-18)6-17(8)10-3-4-12-11(5-10)15-13(14)16(12)2/h3-5,8-9H,6-7H2,1-2H3,(H2,14,15)/q+1/t8-,9-/m1/s1. The van der Waals surface area contributed by atoms with Crippen LogP contribution in [0.15, 0.2) is 18.2 Å². The minimum atomic E-state index is 0.407. The Labute approximate surface area is 115 Å². The van der Waals surface area contributed by atoms with Gasteiger partial charge in [-0.25, -0.2) is 0 Å². The number of aryl methyl sites for hydroxylation is 1. The Bertz CT molecular complexity index is 689. The van der Waals surface area contributed by atoms with Crippen molar-refractivity contribution < 1.29 is 4.21 Å². The second-order valence-corrected chi connectivity index (χ2v) is 5.74. The molecule has 6 heteroatoms. The summed E-state index contributed by atoms with van der Waals surface area (Å²) in [4.78, 5) is 5.38. The van der Waals surface area contributed by atoms with Crippen molar-refractivity contribution in [3.05, 3.63) is 23.8 Å². The van der Waals surface area contributed by atoms with Gasteiger partial charge in [0.25, 0.3) is 0 Å². The Balaban J connectivity index is 1.91. The SMILES string of the molecule is C[C@@H]1[C@@H](C[S+]=O)CN1c1ccc2c(c1)[nH]c(=N)n2C. The van der Waals surface area contributed by atoms with Crippen molar-refractivity contribution in [1.82, 2.24) is 9.55 Å². The minimum Gasteiger partial charge on any atom is -0.368 e. The molecule has 1 aliphatic heterocycles. The van der Waals surface area contributed by atoms with Crippen LogP contribution in [0.25, 0.3) is 11.0 Å². The highest BCUT2D eigenvalue weighted by Gasteiger charge is 2.39. The van der Waals surface area contributed by atoms with Crippen molar-refractivity contribution in [3.63, 3.8) is 0 Å². The van der Waals surface area contributed by atoms with Gasteiger partial charge in [0.2, 0.25) is 5.75 Å². The van der Waals surface area contributed by atoms with Gasteiger partial charge in [-0.3, -0.25) is 5.41 Å². The first-order valence-electron chi connectivity index (χ1n) is 6.36. The Morgan fingerprint density at radius 1 is 1.53 bits per heavy atom. The first-order chi connectivity index (χ1) is 9.11. The molecular formula is C13H17N4OS+. The van der Waals surface area contributed by atoms with E-state index >= 15 is 0 Å². The summed E-state index contributed by atoms with van der Waals surface area (Å²) in [6.45, 7) is 3.11. The Morgan fingerprint density at radius 2 is 2.32 bits per heavy atom. The molecule has 1 fully saturated rings. The van der Waals surface area contributed by atoms with Gasteiger partial charge in [0.15, 0.2) is 5.62 Å². The molecule has 0 spiro atoms. The molecule has 1 aromatic heterocycles. The molecule has 3 rings (SSSR count). The Hall–Kier alpha value is -1.69. The number of fused-ring (bicyclic) bond motifs is 1. The lowest BCUT2D eigenvalue weighted by Gasteiger charge is -2.45. The van der Waals surface area contributed by atoms with E-state index in [1.54, 1.807) is 0 Å². The zero-order valence-corrected chi connectivity index (χ0v) is 11.8. The molecule has 2 atom stereocenters. The fraction of sp³-hybridized carbons (Fsp3) is 0.462. The lowest BCUT2D eigenvalue weighted by atomic mass is 9.91. The van der Waals surface area contributed by atoms with Crippen LogP contribution in [-0.2, 0) is 22.9 Å². The molecule has 0 saturated carbocycles. The first kappa shape index (κ1) is 12.3. The second-order valence-electron chi connectivity index (χ2n) is 5.17. The molecule has 0 radical (unpaired) electrons. The third-order valence-electron chi connectivity index (χ3n) is 4.15. The summed E-state index contributed by atoms with van der Waals surface area (Å²) in [6, 6.07) is 6.64. The number of nitrogens with one attached hydrogen (secondary N) is 2. The molecule has 0 unspecified atom stereocenters. The van der Waals surface area contributed by atoms with Gasteiger partial charge < -0.3 is 14.5 Å². The van der Waals surface area contributed by atoms with E-state index in [0.717, 1.165) is 23.3 Å². The normalized spacial score (nSPS) is 22.5. The van der Waals surface area contributed by atoms with Crippen molar-refractivity contribution >= 4 is 28.4 Å². The maximum Gasteiger partial charge on any atom is 0.459 e. The summed E-state index contributed by atoms with van der Waals surface area (Å²) < 4.78 is 12.4. The number of nitrogens with zero attached hydrogens (tertiary/aromatic N) is 2. The van der Waals surface area contributed by atoms with Crippen molar-refractivity contribution in [1.29, 1.82) is 5.41 Å². The van der Waals surface area contributed by atoms with E-state index in [1.807, 2.05) is 17.7 Å². The van der Waals surface area contributed by atoms with Gasteiger partial charge >= 0.3 is 11.7 Å². The lowest BCUT2D eigenvalue weighted by molar-refractivity contribution is 0.344. The molecule has 5 nitrogen and oxygen atoms in total. The van der Waals surface area contributed by atoms with Gasteiger partial charge in [-0.15, -0.1) is 0 Å². The molecule has 1 saturated heterocycles. The van der Waals surface area contributed by atoms with E-state index in [-0.39, 0.29) is 0 Å². The quantitative estimate of drug-likeness (QED) is 0.829. The van der Waals surface area contributed by atoms with Crippen LogP contribution < -0.4 is 10.5 Å². The molecule has 2 heterocycles. The third kappa shape index (κ3) is 1.87. The predicted molar refractivity (Wildman–Crippen MR) is 76.3 cm³/mol. The smallest absolute Gasteiger partial charge is 0.368 e. The largest absolute Gasteiger partial charge is 0.459 e. The van der Waals surface area contributed by atoms with Gasteiger partial charge in [0.1, 0.15) is 0 Å². The number of H-pyrrole nitrogens is 1. The summed E-state index contributed by atoms with van der Waals surface area (Å²) >= 11 is 0.683. The zero-order chi connectivity index (χ0) is 13.6. The van der Waals surface area contributed by atoms with Crippen molar-refractivity contribution in [2.75, 3.05) is 17.2 Å². The summed E-state index contributed by atoms with van der Waals surface area (Å²) in [5, 5.41) is 7.77. The van der Waals surface area contributed by atoms with Crippen LogP contribution in [0.2, 0.25) is 0 Å². The van der Waals surface area contributed by atoms with Crippen LogP contribution in [0.3, 0.4) is 0 Å². The number of imidazole rings is 1. The van der Waals surface area contributed by atoms with E-state index < -0.39 is 0 Å². The van der Waals surface area contributed by atoms with E-state index in [1.165, 1.54) is 0 Å². The van der Waals surface area contributed by atoms with Crippen molar-refractivity contribution in [2.24, 2.45) is 13.0 Å². The molecule has 1 aromatic carbocycles. The van der Waals surface area contributed by atoms with Crippen LogP contribution >= 0.6 is 0 Å². The van der Waals surface area contributed by atoms with Gasteiger partial charge in [0, 0.05) is 29.5 Å². The number of rotatable bonds is 3. The van der Waals surface area contributed by atoms with Crippen LogP contribution in [0.4, 0.5) is 5.69 Å². The van der Waals surface area contributed by atoms with Crippen LogP contribution in [0.5, 0.6) is 0 Å². The first-order valence-corrected chi connectivity index (χ1v) is 7.27. The fourth-order valence-electron chi connectivity index (χ4n) is 2.74. The number of benzene rings is 1. The molecule has 19 heavy (non-hydrogen) atoms. The van der Waals surface area contributed by atoms with Gasteiger partial charge in [0.05, 0.1) is 17.0 Å². The highest BCUT2D eigenvalue weighted by Crippen LogP contribution is 2.32. The number of aromatic nitrogens is 2. The summed E-state index contributed by atoms with van der Waals surface area (Å²) in [5.74, 6) is 1.18. The highest BCUT2D eigenvalue weighted by atomic mass is 32.1. The second kappa shape index (κ2) is 4.45. The van der Waals surface area contributed by atoms with E-state index in [2.05, 4.69) is 28.9 Å². The Kier molecular flexibility index (Phi) is 2.89. The predicted octanol–water partition coefficient (Wildman–Crippen LogP) is 1.24. The summed E-state index contributed by atoms with van der Waals surface area (Å²) in [6.07, 6.45) is 0. The number of hydrogen-bond acceptors (Lipinski definition) is 3. The molecule has 0 bridgehead atoms. The highest BCUT2D eigenvalue weighted by molar-refractivity contribution is 7.65. The van der Waals surface area contributed by atoms with Crippen LogP contribution in [-0.4, -0.2) is 27.9 Å². The lowest BCUT2D eigenvalue weighted by Crippen LogP contribution is -2.56. The molecule has 0 aliphatic carbocycles. The third-order valence-corrected chi connectivity index (χ3v) is 4.71. The molecule has 2 N–H and O–H groups in total. The molecule has 1 aliphatic rings. The average molecular weight is 277 g/mol. The maximum absolute atomic E-state index is 10.6. The molecular weight excluding hydrogens is 260 g/mol. The molecule has 100 valence electrons. The monoisotopic (exact) mass is 277 g/mol. The molecule has 2 aromatic rings. The van der Waals surface area contributed by atoms with Crippen molar-refractivity contribution in [2.45, 2.75) is 13.0 Å². The van der Waals surface area contributed by atoms with E-state index in [9.17, 15) is 4.21 Å². The van der Waals surface area contributed by atoms with E-state index in [0.29, 0.717) is 35.0 Å². The minimum absolute atomic E-state index is 0.407. The summed E-state index contributed by atoms with van der Waals surface area (Å²) in [5.41, 5.74) is 3.59. The molecule has 0 amide bonds. The zero-order valence-electron chi connectivity index (χ0n) is 11.0. The maximum atomic E-state index is 10.6. The van der Waals surface area contributed by atoms with Gasteiger partial charge in [-0.1, -0.05) is 0 Å². The topological polar surface area (TPSA) is 64.9 Å². The number of anilines is 1. The van der Waals surface area contributed by atoms with Gasteiger partial charge in [-0.2, -0.15) is 0 Å². The van der Waals surface area contributed by atoms with Crippen LogP contribution in [0, 0.1) is 11.3 Å². The fourth-order valence-corrected chi connectivity index (χ4v) is 3.29. The van der Waals surface area contributed by atoms with E-state index in [4.69, 9.17) is 5.41 Å².